The van der Waals surface area contributed by atoms with E-state index < -0.39 is 0 Å². The van der Waals surface area contributed by atoms with Crippen LogP contribution in [0.3, 0.4) is 0 Å². The smallest absolute Gasteiger partial charge is 0.124 e. The topological polar surface area (TPSA) is 65.2 Å². The third kappa shape index (κ3) is 5.42. The molecule has 0 aliphatic rings. The molecule has 0 saturated carbocycles. The number of rotatable bonds is 5. The first-order chi connectivity index (χ1) is 9.77. The van der Waals surface area contributed by atoms with Gasteiger partial charge >= 0.3 is 0 Å². The predicted octanol–water partition coefficient (Wildman–Crippen LogP) is 2.63. The molecule has 0 saturated heterocycles. The van der Waals surface area contributed by atoms with Crippen LogP contribution >= 0.6 is 0 Å². The summed E-state index contributed by atoms with van der Waals surface area (Å²) < 4.78 is 0. The van der Waals surface area contributed by atoms with Gasteiger partial charge in [-0.25, -0.2) is 0 Å². The van der Waals surface area contributed by atoms with Crippen LogP contribution in [-0.2, 0) is 17.1 Å². The molecule has 0 fully saturated rings. The van der Waals surface area contributed by atoms with Crippen molar-refractivity contribution in [3.8, 4) is 11.5 Å². The van der Waals surface area contributed by atoms with Gasteiger partial charge in [-0.2, -0.15) is 0 Å². The van der Waals surface area contributed by atoms with Gasteiger partial charge < -0.3 is 10.2 Å². The van der Waals surface area contributed by atoms with Crippen LogP contribution in [0.1, 0.15) is 11.1 Å². The van der Waals surface area contributed by atoms with Gasteiger partial charge in [0.05, 0.1) is 13.1 Å². The molecule has 0 amide bonds. The molecule has 0 heterocycles. The Morgan fingerprint density at radius 3 is 1.48 bits per heavy atom. The number of nitrogens with zero attached hydrogens (tertiary/aromatic N) is 2. The van der Waals surface area contributed by atoms with Crippen LogP contribution < -0.4 is 0 Å². The average molecular weight is 335 g/mol. The van der Waals surface area contributed by atoms with Crippen LogP contribution in [0.15, 0.2) is 58.5 Å². The Morgan fingerprint density at radius 1 is 0.714 bits per heavy atom. The van der Waals surface area contributed by atoms with Crippen molar-refractivity contribution in [1.82, 2.24) is 0 Å². The predicted molar refractivity (Wildman–Crippen MR) is 81.1 cm³/mol. The van der Waals surface area contributed by atoms with E-state index in [4.69, 9.17) is 0 Å². The van der Waals surface area contributed by atoms with E-state index in [0.29, 0.717) is 24.2 Å². The third-order valence-electron chi connectivity index (χ3n) is 2.69. The quantitative estimate of drug-likeness (QED) is 0.501. The van der Waals surface area contributed by atoms with Crippen molar-refractivity contribution >= 4 is 12.4 Å². The van der Waals surface area contributed by atoms with E-state index >= 15 is 0 Å². The van der Waals surface area contributed by atoms with Gasteiger partial charge in [-0.3, -0.25) is 9.98 Å². The molecule has 2 N–H and O–H groups in total. The third-order valence-corrected chi connectivity index (χ3v) is 2.69. The Hall–Kier alpha value is -2.10. The Morgan fingerprint density at radius 2 is 1.10 bits per heavy atom. The van der Waals surface area contributed by atoms with E-state index in [0.717, 1.165) is 0 Å². The fourth-order valence-electron chi connectivity index (χ4n) is 1.63. The number of aliphatic imine (C=N–C) groups is 2. The molecule has 0 aliphatic heterocycles. The first-order valence-corrected chi connectivity index (χ1v) is 6.33. The van der Waals surface area contributed by atoms with Gasteiger partial charge in [0, 0.05) is 40.6 Å². The zero-order valence-electron chi connectivity index (χ0n) is 11.3. The van der Waals surface area contributed by atoms with Crippen molar-refractivity contribution in [2.24, 2.45) is 9.98 Å². The molecule has 0 aliphatic carbocycles. The number of aromatic hydroxyl groups is 2. The van der Waals surface area contributed by atoms with Gasteiger partial charge in [0.2, 0.25) is 0 Å². The molecule has 21 heavy (non-hydrogen) atoms. The largest absolute Gasteiger partial charge is 0.507 e. The first-order valence-electron chi connectivity index (χ1n) is 6.33. The molecule has 0 unspecified atom stereocenters. The van der Waals surface area contributed by atoms with Crippen molar-refractivity contribution in [2.75, 3.05) is 13.1 Å². The fraction of sp³-hybridized carbons (Fsp3) is 0.125. The van der Waals surface area contributed by atoms with Crippen molar-refractivity contribution < 1.29 is 27.3 Å². The zero-order chi connectivity index (χ0) is 14.2. The monoisotopic (exact) mass is 335 g/mol. The number of phenolic OH excluding ortho intramolecular Hbond substituents is 2. The zero-order valence-corrected chi connectivity index (χ0v) is 12.2. The minimum atomic E-state index is 0. The Bertz CT molecular complexity index is 572. The summed E-state index contributed by atoms with van der Waals surface area (Å²) in [7, 11) is 0. The minimum absolute atomic E-state index is 0. The Labute approximate surface area is 134 Å². The summed E-state index contributed by atoms with van der Waals surface area (Å²) in [6, 6.07) is 14.1. The number of hydrogen-bond acceptors (Lipinski definition) is 4. The number of para-hydroxylation sites is 2. The summed E-state index contributed by atoms with van der Waals surface area (Å²) in [4.78, 5) is 8.39. The molecule has 0 atom stereocenters. The van der Waals surface area contributed by atoms with Crippen molar-refractivity contribution in [3.63, 3.8) is 0 Å². The van der Waals surface area contributed by atoms with Gasteiger partial charge in [0.25, 0.3) is 0 Å². The maximum Gasteiger partial charge on any atom is 0.124 e. The van der Waals surface area contributed by atoms with Crippen molar-refractivity contribution in [2.45, 2.75) is 0 Å². The number of hydrogen-bond donors (Lipinski definition) is 2. The van der Waals surface area contributed by atoms with Crippen LogP contribution in [-0.4, -0.2) is 35.7 Å². The molecule has 0 spiro atoms. The van der Waals surface area contributed by atoms with E-state index in [1.54, 1.807) is 48.8 Å². The Kier molecular flexibility index (Phi) is 7.22. The summed E-state index contributed by atoms with van der Waals surface area (Å²) in [6.45, 7) is 1.05. The fourth-order valence-corrected chi connectivity index (χ4v) is 1.63. The van der Waals surface area contributed by atoms with Gasteiger partial charge in [-0.05, 0) is 24.3 Å². The molecule has 5 heteroatoms. The summed E-state index contributed by atoms with van der Waals surface area (Å²) in [5, 5.41) is 19.1. The molecular formula is C16H16CuN2O2. The van der Waals surface area contributed by atoms with Crippen LogP contribution in [0.4, 0.5) is 0 Å². The molecule has 4 nitrogen and oxygen atoms in total. The number of phenols is 2. The van der Waals surface area contributed by atoms with Crippen LogP contribution in [0, 0.1) is 0 Å². The second-order valence-electron chi connectivity index (χ2n) is 4.19. The van der Waals surface area contributed by atoms with E-state index in [2.05, 4.69) is 9.98 Å². The molecule has 0 aromatic heterocycles. The average Bonchev–Trinajstić information content (AvgIpc) is 2.46. The number of benzene rings is 2. The van der Waals surface area contributed by atoms with Gasteiger partial charge in [-0.15, -0.1) is 0 Å². The van der Waals surface area contributed by atoms with Crippen molar-refractivity contribution in [1.29, 1.82) is 0 Å². The molecule has 0 bridgehead atoms. The second kappa shape index (κ2) is 8.95. The van der Waals surface area contributed by atoms with E-state index in [1.165, 1.54) is 0 Å². The van der Waals surface area contributed by atoms with Crippen LogP contribution in [0.25, 0.3) is 0 Å². The second-order valence-corrected chi connectivity index (χ2v) is 4.19. The maximum atomic E-state index is 9.54. The van der Waals surface area contributed by atoms with Crippen molar-refractivity contribution in [3.05, 3.63) is 59.7 Å². The molecule has 2 aromatic carbocycles. The van der Waals surface area contributed by atoms with E-state index in [-0.39, 0.29) is 28.6 Å². The van der Waals surface area contributed by atoms with E-state index in [9.17, 15) is 10.2 Å². The van der Waals surface area contributed by atoms with Crippen LogP contribution in [0.5, 0.6) is 11.5 Å². The molecule has 2 aromatic rings. The van der Waals surface area contributed by atoms with Gasteiger partial charge in [-0.1, -0.05) is 24.3 Å². The van der Waals surface area contributed by atoms with Crippen LogP contribution in [0.2, 0.25) is 0 Å². The molecule has 2 rings (SSSR count). The normalized spacial score (nSPS) is 10.9. The SMILES string of the molecule is Oc1ccccc1C=NCCN=Cc1ccccc1O.[67Cu]. The molecule has 1 radical (unpaired) electrons. The van der Waals surface area contributed by atoms with E-state index in [1.807, 2.05) is 12.1 Å². The molecular weight excluding hydrogens is 319 g/mol. The maximum absolute atomic E-state index is 9.54. The minimum Gasteiger partial charge on any atom is -0.507 e. The summed E-state index contributed by atoms with van der Waals surface area (Å²) in [5.74, 6) is 0.433. The summed E-state index contributed by atoms with van der Waals surface area (Å²) in [5.41, 5.74) is 1.38. The summed E-state index contributed by atoms with van der Waals surface area (Å²) >= 11 is 0. The standard InChI is InChI=1S/C16H16N2O2.Cu/c19-15-7-3-1-5-13(15)11-17-9-10-18-12-14-6-2-4-8-16(14)20;/h1-8,11-12,19-20H,9-10H2;/i;1+3. The molecule has 113 valence electrons. The Balaban J connectivity index is 0.00000220. The van der Waals surface area contributed by atoms with Gasteiger partial charge in [0.1, 0.15) is 11.5 Å². The van der Waals surface area contributed by atoms with Gasteiger partial charge in [0.15, 0.2) is 0 Å². The first kappa shape index (κ1) is 17.0. The summed E-state index contributed by atoms with van der Waals surface area (Å²) in [6.07, 6.45) is 3.26.